The van der Waals surface area contributed by atoms with Gasteiger partial charge in [-0.15, -0.1) is 0 Å². The molecule has 5 rings (SSSR count). The Labute approximate surface area is 172 Å². The fourth-order valence-corrected chi connectivity index (χ4v) is 4.30. The van der Waals surface area contributed by atoms with E-state index >= 15 is 0 Å². The Hall–Kier alpha value is -2.67. The first-order valence-corrected chi connectivity index (χ1v) is 9.84. The van der Waals surface area contributed by atoms with Crippen LogP contribution in [0.2, 0.25) is 5.02 Å². The van der Waals surface area contributed by atoms with Gasteiger partial charge in [-0.3, -0.25) is 14.6 Å². The molecule has 2 N–H and O–H groups in total. The number of pyridine rings is 1. The molecule has 0 unspecified atom stereocenters. The number of hydrogen-bond acceptors (Lipinski definition) is 4. The van der Waals surface area contributed by atoms with E-state index in [0.717, 1.165) is 24.6 Å². The smallest absolute Gasteiger partial charge is 0.258 e. The third-order valence-corrected chi connectivity index (χ3v) is 5.95. The highest BCUT2D eigenvalue weighted by atomic mass is 35.5. The summed E-state index contributed by atoms with van der Waals surface area (Å²) in [6.07, 6.45) is 3.94. The van der Waals surface area contributed by atoms with Gasteiger partial charge in [-0.05, 0) is 56.4 Å². The Bertz CT molecular complexity index is 945. The average molecular weight is 418 g/mol. The van der Waals surface area contributed by atoms with Crippen LogP contribution in [0.5, 0.6) is 5.75 Å². The van der Waals surface area contributed by atoms with E-state index in [0.29, 0.717) is 17.9 Å². The van der Waals surface area contributed by atoms with Gasteiger partial charge >= 0.3 is 0 Å². The Kier molecular flexibility index (Phi) is 5.17. The second-order valence-electron chi connectivity index (χ2n) is 7.83. The first-order chi connectivity index (χ1) is 13.8. The van der Waals surface area contributed by atoms with Gasteiger partial charge in [0.2, 0.25) is 0 Å². The van der Waals surface area contributed by atoms with Crippen molar-refractivity contribution in [1.82, 2.24) is 15.6 Å². The van der Waals surface area contributed by atoms with Crippen molar-refractivity contribution in [3.8, 4) is 5.75 Å². The van der Waals surface area contributed by atoms with Gasteiger partial charge in [-0.1, -0.05) is 11.6 Å². The van der Waals surface area contributed by atoms with Gasteiger partial charge in [0.25, 0.3) is 11.8 Å². The third kappa shape index (κ3) is 4.19. The summed E-state index contributed by atoms with van der Waals surface area (Å²) in [6.45, 7) is 1.66. The first-order valence-electron chi connectivity index (χ1n) is 9.46. The number of ether oxygens (including phenoxy) is 1. The van der Waals surface area contributed by atoms with Crippen LogP contribution in [0.15, 0.2) is 36.5 Å². The molecule has 2 bridgehead atoms. The number of amides is 2. The summed E-state index contributed by atoms with van der Waals surface area (Å²) < 4.78 is 18.8. The minimum atomic E-state index is -0.595. The molecule has 2 aromatic rings. The number of aryl methyl sites for hydroxylation is 1. The molecule has 6 nitrogen and oxygen atoms in total. The Balaban J connectivity index is 1.27. The Morgan fingerprint density at radius 3 is 2.76 bits per heavy atom. The number of rotatable bonds is 6. The van der Waals surface area contributed by atoms with Gasteiger partial charge in [0.15, 0.2) is 6.61 Å². The van der Waals surface area contributed by atoms with Gasteiger partial charge in [0.1, 0.15) is 11.6 Å². The number of fused-ring (bicyclic) bond motifs is 1. The van der Waals surface area contributed by atoms with Crippen molar-refractivity contribution in [2.45, 2.75) is 37.8 Å². The molecule has 1 heterocycles. The summed E-state index contributed by atoms with van der Waals surface area (Å²) in [4.78, 5) is 28.9. The Morgan fingerprint density at radius 1 is 1.28 bits per heavy atom. The SMILES string of the molecule is Cc1ccc(C(=O)NC23CC(C2)[C@@H](NC(=O)COc2ccc(Cl)c(F)c2)C3)cn1. The van der Waals surface area contributed by atoms with Gasteiger partial charge < -0.3 is 15.4 Å². The zero-order valence-electron chi connectivity index (χ0n) is 15.9. The van der Waals surface area contributed by atoms with Gasteiger partial charge in [-0.25, -0.2) is 4.39 Å². The molecule has 0 aliphatic heterocycles. The van der Waals surface area contributed by atoms with E-state index in [9.17, 15) is 14.0 Å². The maximum absolute atomic E-state index is 13.4. The third-order valence-electron chi connectivity index (χ3n) is 5.65. The zero-order chi connectivity index (χ0) is 20.6. The van der Waals surface area contributed by atoms with Crippen molar-refractivity contribution in [1.29, 1.82) is 0 Å². The van der Waals surface area contributed by atoms with E-state index in [2.05, 4.69) is 15.6 Å². The summed E-state index contributed by atoms with van der Waals surface area (Å²) >= 11 is 5.63. The lowest BCUT2D eigenvalue weighted by Crippen LogP contribution is -2.51. The van der Waals surface area contributed by atoms with E-state index in [1.165, 1.54) is 12.1 Å². The van der Waals surface area contributed by atoms with Gasteiger partial charge in [0.05, 0.1) is 10.6 Å². The number of hydrogen-bond donors (Lipinski definition) is 2. The van der Waals surface area contributed by atoms with E-state index in [1.54, 1.807) is 18.3 Å². The minimum Gasteiger partial charge on any atom is -0.484 e. The Morgan fingerprint density at radius 2 is 2.07 bits per heavy atom. The number of benzene rings is 1. The highest BCUT2D eigenvalue weighted by molar-refractivity contribution is 6.30. The standard InChI is InChI=1S/C21H21ClFN3O3/c1-12-2-3-13(10-24-12)20(28)26-21-7-14(8-21)18(9-21)25-19(27)11-29-15-4-5-16(22)17(23)6-15/h2-6,10,14,18H,7-9,11H2,1H3,(H,25,27)(H,26,28)/t14?,18-,21?/m0/s1. The molecule has 152 valence electrons. The van der Waals surface area contributed by atoms with E-state index in [-0.39, 0.29) is 40.8 Å². The summed E-state index contributed by atoms with van der Waals surface area (Å²) in [5.41, 5.74) is 1.12. The predicted molar refractivity (Wildman–Crippen MR) is 105 cm³/mol. The molecule has 3 fully saturated rings. The molecule has 1 atom stereocenters. The molecule has 0 saturated heterocycles. The lowest BCUT2D eigenvalue weighted by Gasteiger charge is -2.39. The predicted octanol–water partition coefficient (Wildman–Crippen LogP) is 3.03. The second-order valence-corrected chi connectivity index (χ2v) is 8.24. The number of carbonyl (C=O) groups excluding carboxylic acids is 2. The van der Waals surface area contributed by atoms with Crippen molar-refractivity contribution in [2.24, 2.45) is 5.92 Å². The largest absolute Gasteiger partial charge is 0.484 e. The van der Waals surface area contributed by atoms with Crippen molar-refractivity contribution in [3.05, 3.63) is 58.6 Å². The lowest BCUT2D eigenvalue weighted by atomic mass is 9.76. The molecule has 3 aliphatic rings. The molecule has 8 heteroatoms. The monoisotopic (exact) mass is 417 g/mol. The maximum atomic E-state index is 13.4. The molecular weight excluding hydrogens is 397 g/mol. The molecule has 1 aromatic heterocycles. The summed E-state index contributed by atoms with van der Waals surface area (Å²) in [5, 5.41) is 6.08. The molecule has 29 heavy (non-hydrogen) atoms. The average Bonchev–Trinajstić information content (AvgIpc) is 3.16. The highest BCUT2D eigenvalue weighted by Crippen LogP contribution is 2.52. The lowest BCUT2D eigenvalue weighted by molar-refractivity contribution is -0.124. The number of aromatic nitrogens is 1. The van der Waals surface area contributed by atoms with Crippen LogP contribution in [0.25, 0.3) is 0 Å². The summed E-state index contributed by atoms with van der Waals surface area (Å²) in [7, 11) is 0. The first kappa shape index (κ1) is 19.6. The molecule has 3 aliphatic carbocycles. The van der Waals surface area contributed by atoms with Crippen LogP contribution in [0.3, 0.4) is 0 Å². The highest BCUT2D eigenvalue weighted by Gasteiger charge is 2.57. The van der Waals surface area contributed by atoms with Crippen molar-refractivity contribution >= 4 is 23.4 Å². The number of halogens is 2. The fourth-order valence-electron chi connectivity index (χ4n) is 4.18. The number of nitrogens with one attached hydrogen (secondary N) is 2. The normalized spacial score (nSPS) is 24.5. The van der Waals surface area contributed by atoms with Gasteiger partial charge in [0, 0.05) is 29.5 Å². The maximum Gasteiger partial charge on any atom is 0.258 e. The van der Waals surface area contributed by atoms with Crippen LogP contribution in [0, 0.1) is 18.7 Å². The molecule has 3 saturated carbocycles. The van der Waals surface area contributed by atoms with E-state index in [1.807, 2.05) is 6.92 Å². The van der Waals surface area contributed by atoms with E-state index in [4.69, 9.17) is 16.3 Å². The molecule has 0 radical (unpaired) electrons. The second kappa shape index (κ2) is 7.63. The molecular formula is C21H21ClFN3O3. The van der Waals surface area contributed by atoms with Crippen LogP contribution < -0.4 is 15.4 Å². The van der Waals surface area contributed by atoms with E-state index < -0.39 is 5.82 Å². The fraction of sp³-hybridized carbons (Fsp3) is 0.381. The van der Waals surface area contributed by atoms with Gasteiger partial charge in [-0.2, -0.15) is 0 Å². The summed E-state index contributed by atoms with van der Waals surface area (Å²) in [5.74, 6) is -0.433. The summed E-state index contributed by atoms with van der Waals surface area (Å²) in [6, 6.07) is 7.59. The van der Waals surface area contributed by atoms with Crippen LogP contribution in [0.1, 0.15) is 35.3 Å². The molecule has 2 amide bonds. The number of nitrogens with zero attached hydrogens (tertiary/aromatic N) is 1. The quantitative estimate of drug-likeness (QED) is 0.757. The van der Waals surface area contributed by atoms with Crippen molar-refractivity contribution in [2.75, 3.05) is 6.61 Å². The van der Waals surface area contributed by atoms with Crippen molar-refractivity contribution < 1.29 is 18.7 Å². The van der Waals surface area contributed by atoms with Crippen LogP contribution in [-0.4, -0.2) is 35.0 Å². The zero-order valence-corrected chi connectivity index (χ0v) is 16.6. The van der Waals surface area contributed by atoms with Crippen LogP contribution in [0.4, 0.5) is 4.39 Å². The molecule has 0 spiro atoms. The molecule has 1 aromatic carbocycles. The minimum absolute atomic E-state index is 0.00120. The number of carbonyl (C=O) groups is 2. The van der Waals surface area contributed by atoms with Crippen LogP contribution >= 0.6 is 11.6 Å². The van der Waals surface area contributed by atoms with Crippen molar-refractivity contribution in [3.63, 3.8) is 0 Å². The topological polar surface area (TPSA) is 80.3 Å². The van der Waals surface area contributed by atoms with Crippen LogP contribution in [-0.2, 0) is 4.79 Å².